The Balaban J connectivity index is 1.50. The van der Waals surface area contributed by atoms with Crippen LogP contribution in [0.4, 0.5) is 4.39 Å². The van der Waals surface area contributed by atoms with Crippen LogP contribution in [-0.2, 0) is 9.47 Å². The van der Waals surface area contributed by atoms with E-state index in [0.29, 0.717) is 25.7 Å². The van der Waals surface area contributed by atoms with Crippen molar-refractivity contribution in [3.05, 3.63) is 11.6 Å². The van der Waals surface area contributed by atoms with E-state index in [0.717, 1.165) is 32.4 Å². The van der Waals surface area contributed by atoms with Gasteiger partial charge in [0, 0.05) is 24.5 Å². The van der Waals surface area contributed by atoms with Crippen LogP contribution in [0.25, 0.3) is 0 Å². The Morgan fingerprint density at radius 2 is 2.04 bits per heavy atom. The van der Waals surface area contributed by atoms with E-state index in [2.05, 4.69) is 39.6 Å². The van der Waals surface area contributed by atoms with Gasteiger partial charge in [-0.3, -0.25) is 16.0 Å². The molecule has 3 heterocycles. The molecule has 8 heteroatoms. The molecule has 0 aromatic heterocycles. The number of rotatable bonds is 4. The molecular formula is C20H36FN5O2. The van der Waals surface area contributed by atoms with Gasteiger partial charge >= 0.3 is 0 Å². The SMILES string of the molecule is CNC1CC(C)NC(NC2CC3OCCOC3C(C3=CCNCCC3)C2F)N1. The van der Waals surface area contributed by atoms with E-state index in [1.807, 2.05) is 7.05 Å². The largest absolute Gasteiger partial charge is 0.373 e. The van der Waals surface area contributed by atoms with Crippen LogP contribution >= 0.6 is 0 Å². The van der Waals surface area contributed by atoms with Gasteiger partial charge in [0.1, 0.15) is 12.5 Å². The van der Waals surface area contributed by atoms with Gasteiger partial charge in [0.25, 0.3) is 0 Å². The van der Waals surface area contributed by atoms with E-state index < -0.39 is 6.17 Å². The van der Waals surface area contributed by atoms with Crippen LogP contribution < -0.4 is 26.6 Å². The predicted molar refractivity (Wildman–Crippen MR) is 107 cm³/mol. The van der Waals surface area contributed by atoms with E-state index in [1.54, 1.807) is 0 Å². The summed E-state index contributed by atoms with van der Waals surface area (Å²) < 4.78 is 28.0. The van der Waals surface area contributed by atoms with Crippen LogP contribution in [0, 0.1) is 5.92 Å². The van der Waals surface area contributed by atoms with Crippen molar-refractivity contribution >= 4 is 0 Å². The fraction of sp³-hybridized carbons (Fsp3) is 0.900. The molecule has 4 rings (SSSR count). The summed E-state index contributed by atoms with van der Waals surface area (Å²) in [6.07, 6.45) is 4.62. The van der Waals surface area contributed by atoms with Gasteiger partial charge in [-0.2, -0.15) is 0 Å². The molecule has 5 N–H and O–H groups in total. The number of fused-ring (bicyclic) bond motifs is 1. The van der Waals surface area contributed by atoms with Crippen LogP contribution in [0.1, 0.15) is 32.6 Å². The second-order valence-corrected chi connectivity index (χ2v) is 8.55. The molecule has 4 aliphatic rings. The highest BCUT2D eigenvalue weighted by molar-refractivity contribution is 5.18. The standard InChI is InChI=1S/C20H36FN5O2/c1-12-10-16(22-2)26-20(24-12)25-14-11-15-19(28-9-8-27-15)17(18(14)21)13-4-3-6-23-7-5-13/h5,12,14-20,22-26H,3-4,6-11H2,1-2H3. The molecule has 0 aromatic carbocycles. The number of hydrogen-bond donors (Lipinski definition) is 5. The molecule has 1 saturated carbocycles. The maximum absolute atomic E-state index is 15.9. The average molecular weight is 398 g/mol. The van der Waals surface area contributed by atoms with Crippen LogP contribution in [0.15, 0.2) is 11.6 Å². The smallest absolute Gasteiger partial charge is 0.125 e. The molecule has 3 fully saturated rings. The topological polar surface area (TPSA) is 78.6 Å². The number of nitrogens with one attached hydrogen (secondary N) is 5. The molecule has 7 nitrogen and oxygen atoms in total. The second kappa shape index (κ2) is 9.47. The summed E-state index contributed by atoms with van der Waals surface area (Å²) in [5.41, 5.74) is 1.19. The van der Waals surface area contributed by atoms with Crippen LogP contribution in [0.5, 0.6) is 0 Å². The quantitative estimate of drug-likeness (QED) is 0.434. The number of halogens is 1. The van der Waals surface area contributed by atoms with Crippen LogP contribution in [0.2, 0.25) is 0 Å². The van der Waals surface area contributed by atoms with Crippen molar-refractivity contribution in [3.63, 3.8) is 0 Å². The first-order chi connectivity index (χ1) is 13.7. The van der Waals surface area contributed by atoms with Gasteiger partial charge in [-0.15, -0.1) is 0 Å². The molecule has 2 saturated heterocycles. The highest BCUT2D eigenvalue weighted by Gasteiger charge is 2.49. The lowest BCUT2D eigenvalue weighted by Gasteiger charge is -2.48. The number of hydrogen-bond acceptors (Lipinski definition) is 7. The molecule has 1 aliphatic carbocycles. The minimum Gasteiger partial charge on any atom is -0.373 e. The van der Waals surface area contributed by atoms with Crippen molar-refractivity contribution in [1.82, 2.24) is 26.6 Å². The summed E-state index contributed by atoms with van der Waals surface area (Å²) in [5, 5.41) is 17.1. The fourth-order valence-electron chi connectivity index (χ4n) is 5.17. The van der Waals surface area contributed by atoms with Gasteiger partial charge < -0.3 is 20.1 Å². The molecule has 28 heavy (non-hydrogen) atoms. The van der Waals surface area contributed by atoms with Gasteiger partial charge in [-0.05, 0) is 46.2 Å². The maximum Gasteiger partial charge on any atom is 0.125 e. The van der Waals surface area contributed by atoms with Crippen molar-refractivity contribution in [2.75, 3.05) is 33.4 Å². The fourth-order valence-corrected chi connectivity index (χ4v) is 5.17. The van der Waals surface area contributed by atoms with Crippen molar-refractivity contribution in [2.24, 2.45) is 5.92 Å². The molecule has 0 aromatic rings. The van der Waals surface area contributed by atoms with E-state index in [1.165, 1.54) is 5.57 Å². The summed E-state index contributed by atoms with van der Waals surface area (Å²) in [7, 11) is 1.95. The third-order valence-corrected chi connectivity index (χ3v) is 6.55. The van der Waals surface area contributed by atoms with E-state index >= 15 is 4.39 Å². The van der Waals surface area contributed by atoms with Crippen molar-refractivity contribution < 1.29 is 13.9 Å². The predicted octanol–water partition coefficient (Wildman–Crippen LogP) is 0.197. The Labute approximate surface area is 167 Å². The first kappa shape index (κ1) is 20.7. The summed E-state index contributed by atoms with van der Waals surface area (Å²) in [4.78, 5) is 0. The Morgan fingerprint density at radius 3 is 2.89 bits per heavy atom. The van der Waals surface area contributed by atoms with Gasteiger partial charge in [0.05, 0.1) is 31.6 Å². The first-order valence-electron chi connectivity index (χ1n) is 10.9. The van der Waals surface area contributed by atoms with E-state index in [4.69, 9.17) is 9.47 Å². The third-order valence-electron chi connectivity index (χ3n) is 6.55. The summed E-state index contributed by atoms with van der Waals surface area (Å²) in [5.74, 6) is -0.238. The van der Waals surface area contributed by atoms with Crippen LogP contribution in [-0.4, -0.2) is 76.3 Å². The van der Waals surface area contributed by atoms with E-state index in [-0.39, 0.29) is 36.6 Å². The van der Waals surface area contributed by atoms with Gasteiger partial charge in [0.2, 0.25) is 0 Å². The Hall–Kier alpha value is -0.610. The summed E-state index contributed by atoms with van der Waals surface area (Å²) in [6.45, 7) is 5.10. The molecule has 3 aliphatic heterocycles. The molecule has 0 radical (unpaired) electrons. The molecule has 160 valence electrons. The zero-order valence-corrected chi connectivity index (χ0v) is 17.0. The lowest BCUT2D eigenvalue weighted by atomic mass is 9.74. The molecule has 0 amide bonds. The van der Waals surface area contributed by atoms with Crippen molar-refractivity contribution in [3.8, 4) is 0 Å². The molecular weight excluding hydrogens is 361 g/mol. The second-order valence-electron chi connectivity index (χ2n) is 8.55. The van der Waals surface area contributed by atoms with E-state index in [9.17, 15) is 0 Å². The highest BCUT2D eigenvalue weighted by atomic mass is 19.1. The zero-order valence-electron chi connectivity index (χ0n) is 17.0. The van der Waals surface area contributed by atoms with Crippen molar-refractivity contribution in [1.29, 1.82) is 0 Å². The lowest BCUT2D eigenvalue weighted by molar-refractivity contribution is -0.187. The maximum atomic E-state index is 15.9. The third kappa shape index (κ3) is 4.59. The van der Waals surface area contributed by atoms with Crippen molar-refractivity contribution in [2.45, 2.75) is 75.5 Å². The Kier molecular flexibility index (Phi) is 6.98. The molecule has 8 atom stereocenters. The van der Waals surface area contributed by atoms with Gasteiger partial charge in [0.15, 0.2) is 0 Å². The number of ether oxygens (including phenoxy) is 2. The Morgan fingerprint density at radius 1 is 1.18 bits per heavy atom. The first-order valence-corrected chi connectivity index (χ1v) is 10.9. The highest BCUT2D eigenvalue weighted by Crippen LogP contribution is 2.39. The van der Waals surface area contributed by atoms with Crippen LogP contribution in [0.3, 0.4) is 0 Å². The molecule has 0 bridgehead atoms. The van der Waals surface area contributed by atoms with Gasteiger partial charge in [-0.25, -0.2) is 4.39 Å². The minimum atomic E-state index is -0.999. The average Bonchev–Trinajstić information content (AvgIpc) is 2.97. The molecule has 0 spiro atoms. The normalized spacial score (nSPS) is 45.0. The van der Waals surface area contributed by atoms with Gasteiger partial charge in [-0.1, -0.05) is 11.6 Å². The summed E-state index contributed by atoms with van der Waals surface area (Å²) >= 11 is 0. The minimum absolute atomic E-state index is 0.0542. The number of alkyl halides is 1. The summed E-state index contributed by atoms with van der Waals surface area (Å²) in [6, 6.07) is 0.0733. The Bertz CT molecular complexity index is 551. The lowest BCUT2D eigenvalue weighted by Crippen LogP contribution is -2.70. The monoisotopic (exact) mass is 397 g/mol. The molecule has 8 unspecified atom stereocenters. The zero-order chi connectivity index (χ0) is 19.5.